The Morgan fingerprint density at radius 1 is 0.667 bits per heavy atom. The zero-order chi connectivity index (χ0) is 71.2. The fraction of sp³-hybridized carbons (Fsp3) is 0.735. The molecule has 7 rings (SSSR count). The highest BCUT2D eigenvalue weighted by Crippen LogP contribution is 2.39. The molecule has 534 valence electrons. The van der Waals surface area contributed by atoms with E-state index in [9.17, 15) is 56.3 Å². The van der Waals surface area contributed by atoms with E-state index in [0.717, 1.165) is 23.5 Å². The Morgan fingerprint density at radius 2 is 1.30 bits per heavy atom. The lowest BCUT2D eigenvalue weighted by molar-refractivity contribution is -0.160. The van der Waals surface area contributed by atoms with Gasteiger partial charge in [-0.2, -0.15) is 13.2 Å². The normalized spacial score (nSPS) is 28.1. The SMILES string of the molecule is CC[C@H](C)[C@@H]1NC(=O)[C@H](CC(C)C)N(C)C(=O)C[C@@H](C(=O)N2CCCCC2)N(C)C(=O)[C@H](C(C)C)N(C)C(=O)C2(CCCC2)NC(=O)[C@@H]2CCCN2C(=O)[C@H](CCc2ccc(C(F)(F)F)c(Cl)c2)NC(=O)CN(C)C(=O)[C@H](C2CC2)N(C)C(=O)[C@@H]2CCN2C(=O)[C@H](C)N(C)C1=O. The number of benzene rings is 1. The maximum Gasteiger partial charge on any atom is 0.417 e. The number of halogens is 4. The van der Waals surface area contributed by atoms with Crippen molar-refractivity contribution in [3.63, 3.8) is 0 Å². The van der Waals surface area contributed by atoms with Gasteiger partial charge in [0, 0.05) is 68.5 Å². The maximum absolute atomic E-state index is 15.4. The number of likely N-dealkylation sites (tertiary alicyclic amines) is 1. The quantitative estimate of drug-likeness (QED) is 0.293. The van der Waals surface area contributed by atoms with Gasteiger partial charge in [-0.25, -0.2) is 0 Å². The molecule has 4 saturated heterocycles. The summed E-state index contributed by atoms with van der Waals surface area (Å²) in [5.41, 5.74) is -2.35. The lowest BCUT2D eigenvalue weighted by Gasteiger charge is -2.45. The van der Waals surface area contributed by atoms with E-state index in [4.69, 9.17) is 11.6 Å². The predicted octanol–water partition coefficient (Wildman–Crippen LogP) is 4.47. The van der Waals surface area contributed by atoms with Gasteiger partial charge in [0.05, 0.1) is 23.6 Å². The topological polar surface area (TPSA) is 270 Å². The van der Waals surface area contributed by atoms with Crippen molar-refractivity contribution in [3.05, 3.63) is 34.3 Å². The van der Waals surface area contributed by atoms with Gasteiger partial charge in [0.2, 0.25) is 70.9 Å². The second kappa shape index (κ2) is 32.1. The first-order valence-electron chi connectivity index (χ1n) is 34.3. The van der Waals surface area contributed by atoms with Crippen LogP contribution in [0.3, 0.4) is 0 Å². The molecule has 6 aliphatic rings. The summed E-state index contributed by atoms with van der Waals surface area (Å²) < 4.78 is 41.4. The van der Waals surface area contributed by atoms with Crippen molar-refractivity contribution in [2.24, 2.45) is 23.7 Å². The van der Waals surface area contributed by atoms with Gasteiger partial charge in [-0.3, -0.25) is 57.5 Å². The molecule has 0 aromatic heterocycles. The number of carbonyl (C=O) groups is 12. The van der Waals surface area contributed by atoms with Crippen molar-refractivity contribution >= 4 is 82.5 Å². The molecule has 4 aliphatic heterocycles. The molecule has 3 N–H and O–H groups in total. The van der Waals surface area contributed by atoms with Gasteiger partial charge in [0.15, 0.2) is 0 Å². The van der Waals surface area contributed by atoms with Crippen LogP contribution in [0.1, 0.15) is 162 Å². The van der Waals surface area contributed by atoms with Crippen LogP contribution in [-0.2, 0) is 70.1 Å². The maximum atomic E-state index is 15.4. The predicted molar refractivity (Wildman–Crippen MR) is 350 cm³/mol. The summed E-state index contributed by atoms with van der Waals surface area (Å²) in [5, 5.41) is 8.09. The number of nitrogens with one attached hydrogen (secondary N) is 3. The number of piperidine rings is 1. The van der Waals surface area contributed by atoms with Gasteiger partial charge in [-0.05, 0) is 132 Å². The molecule has 10 atom stereocenters. The average Bonchev–Trinajstić information content (AvgIpc) is 1.05. The van der Waals surface area contributed by atoms with Gasteiger partial charge < -0.3 is 60.0 Å². The fourth-order valence-electron chi connectivity index (χ4n) is 14.4. The number of alkyl halides is 3. The number of nitrogens with zero attached hydrogens (tertiary/aromatic N) is 9. The Hall–Kier alpha value is -7.06. The Labute approximate surface area is 567 Å². The molecule has 6 fully saturated rings. The van der Waals surface area contributed by atoms with Crippen LogP contribution in [-0.4, -0.2) is 250 Å². The lowest BCUT2D eigenvalue weighted by Crippen LogP contribution is -2.65. The van der Waals surface area contributed by atoms with Crippen molar-refractivity contribution in [2.45, 2.75) is 224 Å². The zero-order valence-corrected chi connectivity index (χ0v) is 59.0. The van der Waals surface area contributed by atoms with Gasteiger partial charge >= 0.3 is 6.18 Å². The minimum absolute atomic E-state index is 0.0337. The number of fused-ring (bicyclic) bond motifs is 2. The Kier molecular flexibility index (Phi) is 25.5. The van der Waals surface area contributed by atoms with Crippen LogP contribution in [0.4, 0.5) is 13.2 Å². The van der Waals surface area contributed by atoms with E-state index >= 15 is 14.4 Å². The molecular formula is C68H102ClF3N12O12. The van der Waals surface area contributed by atoms with E-state index in [-0.39, 0.29) is 69.9 Å². The first-order valence-corrected chi connectivity index (χ1v) is 34.7. The van der Waals surface area contributed by atoms with Crippen LogP contribution < -0.4 is 16.0 Å². The Bertz CT molecular complexity index is 3080. The third-order valence-electron chi connectivity index (χ3n) is 20.9. The highest BCUT2D eigenvalue weighted by atomic mass is 35.5. The summed E-state index contributed by atoms with van der Waals surface area (Å²) in [6.45, 7) is 12.6. The summed E-state index contributed by atoms with van der Waals surface area (Å²) in [7, 11) is 8.52. The summed E-state index contributed by atoms with van der Waals surface area (Å²) >= 11 is 6.12. The molecule has 2 aliphatic carbocycles. The number of aryl methyl sites for hydroxylation is 1. The number of carbonyl (C=O) groups excluding carboxylic acids is 12. The van der Waals surface area contributed by atoms with E-state index in [1.807, 2.05) is 20.8 Å². The Balaban J connectivity index is 1.27. The summed E-state index contributed by atoms with van der Waals surface area (Å²) in [4.78, 5) is 190. The van der Waals surface area contributed by atoms with Crippen LogP contribution in [0.2, 0.25) is 5.02 Å². The molecule has 24 nitrogen and oxygen atoms in total. The average molecular weight is 1370 g/mol. The number of amides is 12. The van der Waals surface area contributed by atoms with Crippen molar-refractivity contribution in [3.8, 4) is 0 Å². The van der Waals surface area contributed by atoms with E-state index in [2.05, 4.69) is 16.0 Å². The van der Waals surface area contributed by atoms with E-state index < -0.39 is 172 Å². The van der Waals surface area contributed by atoms with Crippen LogP contribution in [0.15, 0.2) is 18.2 Å². The first-order chi connectivity index (χ1) is 45.1. The molecule has 28 heteroatoms. The van der Waals surface area contributed by atoms with Crippen LogP contribution >= 0.6 is 11.6 Å². The summed E-state index contributed by atoms with van der Waals surface area (Å²) in [6, 6.07) is -7.78. The smallest absolute Gasteiger partial charge is 0.343 e. The first kappa shape index (κ1) is 76.3. The van der Waals surface area contributed by atoms with E-state index in [1.165, 1.54) is 89.6 Å². The van der Waals surface area contributed by atoms with Gasteiger partial charge in [0.25, 0.3) is 0 Å². The standard InChI is InChI=1S/C68H102ClF3N12O12/c1-14-41(6)54-63(93)77(9)42(7)59(89)84-34-28-49(84)61(91)80(12)56(44-24-25-44)64(94)76(8)38-52(85)73-47(27-23-43-22-26-45(46(69)36-43)68(70,71)72)60(90)83-33-20-21-48(83)58(88)75-67(29-16-17-30-67)66(96)81(13)55(40(4)5)65(95)79(11)51(62(92)82-31-18-15-19-32-82)37-53(86)78(10)50(35-39(2)3)57(87)74-54/h22,26,36,39-42,44,47-51,54-56H,14-21,23-25,27-35,37-38H2,1-13H3,(H,73,85)(H,74,87)(H,75,88)/t41-,42-,47-,48-,49-,50-,51-,54-,55-,56-/m0/s1. The third kappa shape index (κ3) is 17.2. The molecule has 0 bridgehead atoms. The highest BCUT2D eigenvalue weighted by Gasteiger charge is 2.52. The molecule has 12 amide bonds. The van der Waals surface area contributed by atoms with Crippen LogP contribution in [0.25, 0.3) is 0 Å². The second-order valence-corrected chi connectivity index (χ2v) is 28.9. The summed E-state index contributed by atoms with van der Waals surface area (Å²) in [5.74, 6) is -9.26. The van der Waals surface area contributed by atoms with Crippen molar-refractivity contribution in [1.82, 2.24) is 60.0 Å². The highest BCUT2D eigenvalue weighted by molar-refractivity contribution is 6.31. The monoisotopic (exact) mass is 1370 g/mol. The molecule has 1 aromatic carbocycles. The molecule has 1 aromatic rings. The van der Waals surface area contributed by atoms with E-state index in [0.29, 0.717) is 70.0 Å². The van der Waals surface area contributed by atoms with Crippen molar-refractivity contribution < 1.29 is 70.7 Å². The number of rotatable bonds is 10. The fourth-order valence-corrected chi connectivity index (χ4v) is 14.7. The third-order valence-corrected chi connectivity index (χ3v) is 21.2. The van der Waals surface area contributed by atoms with Gasteiger partial charge in [-0.15, -0.1) is 0 Å². The Morgan fingerprint density at radius 3 is 1.86 bits per heavy atom. The van der Waals surface area contributed by atoms with Crippen LogP contribution in [0, 0.1) is 23.7 Å². The van der Waals surface area contributed by atoms with Crippen molar-refractivity contribution in [2.75, 3.05) is 75.0 Å². The lowest BCUT2D eigenvalue weighted by atomic mass is 9.91. The number of likely N-dealkylation sites (N-methyl/N-ethyl adjacent to an activating group) is 6. The molecule has 96 heavy (non-hydrogen) atoms. The van der Waals surface area contributed by atoms with E-state index in [1.54, 1.807) is 25.7 Å². The largest absolute Gasteiger partial charge is 0.417 e. The summed E-state index contributed by atoms with van der Waals surface area (Å²) in [6.07, 6.45) is 0.318. The molecule has 4 heterocycles. The second-order valence-electron chi connectivity index (χ2n) is 28.5. The van der Waals surface area contributed by atoms with Crippen LogP contribution in [0.5, 0.6) is 0 Å². The van der Waals surface area contributed by atoms with Crippen molar-refractivity contribution in [1.29, 1.82) is 0 Å². The molecule has 2 saturated carbocycles. The molecule has 1 spiro atoms. The minimum Gasteiger partial charge on any atom is -0.343 e. The van der Waals surface area contributed by atoms with Gasteiger partial charge in [0.1, 0.15) is 59.9 Å². The number of hydrogen-bond acceptors (Lipinski definition) is 12. The zero-order valence-electron chi connectivity index (χ0n) is 58.2. The van der Waals surface area contributed by atoms with Gasteiger partial charge in [-0.1, -0.05) is 78.5 Å². The number of hydrogen-bond donors (Lipinski definition) is 3. The molecule has 0 radical (unpaired) electrons. The molecule has 0 unspecified atom stereocenters. The minimum atomic E-state index is -4.76. The molecular weight excluding hydrogens is 1270 g/mol.